The van der Waals surface area contributed by atoms with Crippen molar-refractivity contribution in [2.24, 2.45) is 0 Å². The molecule has 7 aromatic rings. The van der Waals surface area contributed by atoms with Crippen LogP contribution in [0.5, 0.6) is 0 Å². The third-order valence-corrected chi connectivity index (χ3v) is 11.2. The van der Waals surface area contributed by atoms with E-state index < -0.39 is 7.14 Å². The summed E-state index contributed by atoms with van der Waals surface area (Å²) in [6.45, 7) is 0. The Bertz CT molecular complexity index is 2070. The van der Waals surface area contributed by atoms with Crippen LogP contribution in [0.4, 0.5) is 0 Å². The third kappa shape index (κ3) is 5.89. The summed E-state index contributed by atoms with van der Waals surface area (Å²) in [5.41, 5.74) is 7.60. The molecule has 7 rings (SSSR count). The Morgan fingerprint density at radius 2 is 0.978 bits per heavy atom. The van der Waals surface area contributed by atoms with Crippen molar-refractivity contribution in [3.05, 3.63) is 175 Å². The molecule has 5 aromatic carbocycles. The first-order valence-electron chi connectivity index (χ1n) is 14.7. The summed E-state index contributed by atoms with van der Waals surface area (Å²) in [5.74, 6) is 0. The first-order chi connectivity index (χ1) is 22.1. The lowest BCUT2D eigenvalue weighted by Crippen LogP contribution is -2.24. The fraction of sp³-hybridized carbons (Fsp3) is 0. The van der Waals surface area contributed by atoms with Crippen LogP contribution < -0.4 is 15.9 Å². The van der Waals surface area contributed by atoms with Gasteiger partial charge in [-0.15, -0.1) is 0 Å². The molecule has 0 fully saturated rings. The summed E-state index contributed by atoms with van der Waals surface area (Å²) < 4.78 is 14.7. The highest BCUT2D eigenvalue weighted by Crippen LogP contribution is 2.42. The summed E-state index contributed by atoms with van der Waals surface area (Å²) in [5, 5.41) is 3.14. The van der Waals surface area contributed by atoms with Crippen molar-refractivity contribution in [1.82, 2.24) is 9.97 Å². The Balaban J connectivity index is 1.23. The number of halogens is 1. The molecule has 2 aromatic heterocycles. The average Bonchev–Trinajstić information content (AvgIpc) is 3.12. The number of nitrogens with zero attached hydrogens (tertiary/aromatic N) is 2. The first-order valence-corrected chi connectivity index (χ1v) is 16.8. The highest BCUT2D eigenvalue weighted by molar-refractivity contribution is 7.85. The van der Waals surface area contributed by atoms with Gasteiger partial charge in [0, 0.05) is 32.7 Å². The van der Waals surface area contributed by atoms with Gasteiger partial charge in [0.2, 0.25) is 0 Å². The number of benzene rings is 5. The van der Waals surface area contributed by atoms with Crippen molar-refractivity contribution in [3.63, 3.8) is 0 Å². The maximum Gasteiger partial charge on any atom is 0.171 e. The standard InChI is InChI=1S/C40H28ClN2OP/c41-34-11-9-10-32(26-34)33-27-39(43-40(28-33)38-16-7-8-25-42-38)31-19-17-29(18-20-31)30-21-23-37(24-22-30)45(44,35-12-3-1-4-13-35)36-14-5-2-6-15-36/h1-28H. The Labute approximate surface area is 268 Å². The minimum absolute atomic E-state index is 0.685. The van der Waals surface area contributed by atoms with Crippen LogP contribution in [0.3, 0.4) is 0 Å². The second kappa shape index (κ2) is 12.5. The average molecular weight is 619 g/mol. The van der Waals surface area contributed by atoms with E-state index in [-0.39, 0.29) is 0 Å². The Hall–Kier alpha value is -5.08. The van der Waals surface area contributed by atoms with Gasteiger partial charge in [-0.3, -0.25) is 4.98 Å². The van der Waals surface area contributed by atoms with E-state index in [1.54, 1.807) is 6.20 Å². The number of hydrogen-bond donors (Lipinski definition) is 0. The number of aromatic nitrogens is 2. The molecule has 0 saturated heterocycles. The minimum atomic E-state index is -3.02. The van der Waals surface area contributed by atoms with Gasteiger partial charge in [-0.1, -0.05) is 139 Å². The molecule has 0 N–H and O–H groups in total. The van der Waals surface area contributed by atoms with Crippen LogP contribution >= 0.6 is 18.7 Å². The van der Waals surface area contributed by atoms with Crippen LogP contribution in [0, 0.1) is 0 Å². The van der Waals surface area contributed by atoms with Crippen LogP contribution in [0.2, 0.25) is 5.02 Å². The van der Waals surface area contributed by atoms with Gasteiger partial charge in [0.25, 0.3) is 0 Å². The van der Waals surface area contributed by atoms with Crippen LogP contribution in [-0.2, 0) is 4.57 Å². The summed E-state index contributed by atoms with van der Waals surface area (Å²) >= 11 is 6.34. The van der Waals surface area contributed by atoms with Crippen LogP contribution in [0.25, 0.3) is 44.9 Å². The Morgan fingerprint density at radius 3 is 1.58 bits per heavy atom. The van der Waals surface area contributed by atoms with E-state index in [2.05, 4.69) is 59.6 Å². The van der Waals surface area contributed by atoms with E-state index in [0.717, 1.165) is 60.8 Å². The van der Waals surface area contributed by atoms with Crippen LogP contribution in [0.1, 0.15) is 0 Å². The zero-order valence-electron chi connectivity index (χ0n) is 24.3. The molecule has 0 atom stereocenters. The quantitative estimate of drug-likeness (QED) is 0.167. The fourth-order valence-electron chi connectivity index (χ4n) is 5.58. The third-order valence-electron chi connectivity index (χ3n) is 7.90. The maximum atomic E-state index is 14.7. The van der Waals surface area contributed by atoms with Crippen molar-refractivity contribution in [1.29, 1.82) is 0 Å². The molecule has 216 valence electrons. The molecule has 0 saturated carbocycles. The van der Waals surface area contributed by atoms with Gasteiger partial charge in [0.1, 0.15) is 0 Å². The number of hydrogen-bond acceptors (Lipinski definition) is 3. The first kappa shape index (κ1) is 28.7. The molecule has 0 amide bonds. The summed E-state index contributed by atoms with van der Waals surface area (Å²) in [6, 6.07) is 53.8. The largest absolute Gasteiger partial charge is 0.309 e. The lowest BCUT2D eigenvalue weighted by Gasteiger charge is -2.20. The van der Waals surface area contributed by atoms with Gasteiger partial charge >= 0.3 is 0 Å². The molecular formula is C40H28ClN2OP. The van der Waals surface area contributed by atoms with Crippen molar-refractivity contribution in [3.8, 4) is 44.9 Å². The summed E-state index contributed by atoms with van der Waals surface area (Å²) in [7, 11) is -3.02. The van der Waals surface area contributed by atoms with E-state index in [9.17, 15) is 4.57 Å². The molecule has 0 aliphatic rings. The molecule has 0 spiro atoms. The predicted molar refractivity (Wildman–Crippen MR) is 188 cm³/mol. The van der Waals surface area contributed by atoms with Crippen molar-refractivity contribution < 1.29 is 4.57 Å². The number of pyridine rings is 2. The van der Waals surface area contributed by atoms with E-state index >= 15 is 0 Å². The molecule has 0 radical (unpaired) electrons. The van der Waals surface area contributed by atoms with E-state index in [4.69, 9.17) is 16.6 Å². The molecule has 45 heavy (non-hydrogen) atoms. The maximum absolute atomic E-state index is 14.7. The van der Waals surface area contributed by atoms with Gasteiger partial charge in [-0.25, -0.2) is 4.98 Å². The molecule has 0 unspecified atom stereocenters. The van der Waals surface area contributed by atoms with Gasteiger partial charge < -0.3 is 4.57 Å². The summed E-state index contributed by atoms with van der Waals surface area (Å²) in [4.78, 5) is 9.54. The van der Waals surface area contributed by atoms with E-state index in [1.807, 2.05) is 109 Å². The highest BCUT2D eigenvalue weighted by Gasteiger charge is 2.29. The second-order valence-electron chi connectivity index (χ2n) is 10.8. The topological polar surface area (TPSA) is 42.9 Å². The molecule has 2 heterocycles. The number of rotatable bonds is 7. The Kier molecular flexibility index (Phi) is 7.96. The molecular weight excluding hydrogens is 591 g/mol. The zero-order chi connectivity index (χ0) is 30.6. The normalized spacial score (nSPS) is 11.3. The fourth-order valence-corrected chi connectivity index (χ4v) is 8.42. The lowest BCUT2D eigenvalue weighted by molar-refractivity contribution is 0.592. The van der Waals surface area contributed by atoms with Gasteiger partial charge in [0.05, 0.1) is 17.1 Å². The smallest absolute Gasteiger partial charge is 0.171 e. The van der Waals surface area contributed by atoms with E-state index in [0.29, 0.717) is 5.02 Å². The van der Waals surface area contributed by atoms with Crippen molar-refractivity contribution >= 4 is 34.7 Å². The SMILES string of the molecule is O=P(c1ccccc1)(c1ccccc1)c1ccc(-c2ccc(-c3cc(-c4cccc(Cl)c4)cc(-c4ccccn4)n3)cc2)cc1. The highest BCUT2D eigenvalue weighted by atomic mass is 35.5. The predicted octanol–water partition coefficient (Wildman–Crippen LogP) is 9.44. The molecule has 5 heteroatoms. The second-order valence-corrected chi connectivity index (χ2v) is 14.0. The van der Waals surface area contributed by atoms with Crippen molar-refractivity contribution in [2.45, 2.75) is 0 Å². The van der Waals surface area contributed by atoms with Crippen molar-refractivity contribution in [2.75, 3.05) is 0 Å². The van der Waals surface area contributed by atoms with Crippen LogP contribution in [-0.4, -0.2) is 9.97 Å². The molecule has 3 nitrogen and oxygen atoms in total. The molecule has 0 bridgehead atoms. The summed E-state index contributed by atoms with van der Waals surface area (Å²) in [6.07, 6.45) is 1.78. The minimum Gasteiger partial charge on any atom is -0.309 e. The monoisotopic (exact) mass is 618 g/mol. The van der Waals surface area contributed by atoms with Gasteiger partial charge in [-0.2, -0.15) is 0 Å². The van der Waals surface area contributed by atoms with Gasteiger partial charge in [-0.05, 0) is 58.7 Å². The lowest BCUT2D eigenvalue weighted by atomic mass is 9.99. The molecule has 0 aliphatic carbocycles. The molecule has 0 aliphatic heterocycles. The Morgan fingerprint density at radius 1 is 0.422 bits per heavy atom. The van der Waals surface area contributed by atoms with Gasteiger partial charge in [0.15, 0.2) is 7.14 Å². The van der Waals surface area contributed by atoms with Crippen LogP contribution in [0.15, 0.2) is 170 Å². The zero-order valence-corrected chi connectivity index (χ0v) is 25.9. The van der Waals surface area contributed by atoms with E-state index in [1.165, 1.54) is 0 Å².